The van der Waals surface area contributed by atoms with Gasteiger partial charge in [0.25, 0.3) is 0 Å². The summed E-state index contributed by atoms with van der Waals surface area (Å²) in [5.74, 6) is 0.877. The van der Waals surface area contributed by atoms with Gasteiger partial charge in [0.2, 0.25) is 0 Å². The number of halogens is 1. The molecule has 1 rings (SSSR count). The highest BCUT2D eigenvalue weighted by atomic mass is 79.9. The molecule has 0 heterocycles. The predicted molar refractivity (Wildman–Crippen MR) is 75.1 cm³/mol. The summed E-state index contributed by atoms with van der Waals surface area (Å²) in [5.41, 5.74) is 1.13. The van der Waals surface area contributed by atoms with Crippen molar-refractivity contribution < 1.29 is 14.2 Å². The van der Waals surface area contributed by atoms with Crippen molar-refractivity contribution in [1.82, 2.24) is 5.32 Å². The summed E-state index contributed by atoms with van der Waals surface area (Å²) in [5, 5.41) is 3.12. The first-order valence-corrected chi connectivity index (χ1v) is 6.70. The Morgan fingerprint density at radius 2 is 1.94 bits per heavy atom. The minimum atomic E-state index is 0.531. The van der Waals surface area contributed by atoms with E-state index in [1.54, 1.807) is 7.11 Å². The average Bonchev–Trinajstić information content (AvgIpc) is 2.36. The Morgan fingerprint density at radius 1 is 1.17 bits per heavy atom. The second-order valence-corrected chi connectivity index (χ2v) is 4.57. The van der Waals surface area contributed by atoms with Gasteiger partial charge in [0.1, 0.15) is 12.4 Å². The highest BCUT2D eigenvalue weighted by molar-refractivity contribution is 9.10. The standard InChI is InChI=1S/C13H20BrNO3/c1-15-10-11-4-3-5-12(14)13(11)18-9-8-17-7-6-16-2/h3-5,15H,6-10H2,1-2H3. The molecule has 1 aromatic carbocycles. The Morgan fingerprint density at radius 3 is 2.67 bits per heavy atom. The fraction of sp³-hybridized carbons (Fsp3) is 0.538. The SMILES string of the molecule is CNCc1cccc(Br)c1OCCOCCOC. The summed E-state index contributed by atoms with van der Waals surface area (Å²) in [6.45, 7) is 3.07. The van der Waals surface area contributed by atoms with Crippen LogP contribution in [0.4, 0.5) is 0 Å². The predicted octanol–water partition coefficient (Wildman–Crippen LogP) is 2.21. The molecule has 0 fully saturated rings. The second kappa shape index (κ2) is 9.33. The van der Waals surface area contributed by atoms with E-state index in [0.717, 1.165) is 22.3 Å². The first-order chi connectivity index (χ1) is 8.79. The summed E-state index contributed by atoms with van der Waals surface area (Å²) in [6, 6.07) is 6.02. The Bertz CT molecular complexity index is 347. The van der Waals surface area contributed by atoms with E-state index in [2.05, 4.69) is 21.2 Å². The van der Waals surface area contributed by atoms with Crippen LogP contribution in [0.3, 0.4) is 0 Å². The van der Waals surface area contributed by atoms with E-state index < -0.39 is 0 Å². The first kappa shape index (κ1) is 15.4. The Kier molecular flexibility index (Phi) is 8.00. The number of nitrogens with one attached hydrogen (secondary N) is 1. The highest BCUT2D eigenvalue weighted by Crippen LogP contribution is 2.28. The largest absolute Gasteiger partial charge is 0.490 e. The lowest BCUT2D eigenvalue weighted by molar-refractivity contribution is 0.0541. The van der Waals surface area contributed by atoms with Crippen LogP contribution in [0.5, 0.6) is 5.75 Å². The minimum absolute atomic E-state index is 0.531. The van der Waals surface area contributed by atoms with Gasteiger partial charge in [0.05, 0.1) is 24.3 Å². The Hall–Kier alpha value is -0.620. The summed E-state index contributed by atoms with van der Waals surface area (Å²) >= 11 is 3.50. The molecule has 0 aliphatic rings. The zero-order chi connectivity index (χ0) is 13.2. The van der Waals surface area contributed by atoms with Gasteiger partial charge in [-0.25, -0.2) is 0 Å². The van der Waals surface area contributed by atoms with Crippen LogP contribution in [0.15, 0.2) is 22.7 Å². The maximum atomic E-state index is 5.75. The lowest BCUT2D eigenvalue weighted by Crippen LogP contribution is -2.12. The zero-order valence-corrected chi connectivity index (χ0v) is 12.5. The molecule has 0 atom stereocenters. The van der Waals surface area contributed by atoms with Gasteiger partial charge in [-0.2, -0.15) is 0 Å². The van der Waals surface area contributed by atoms with Gasteiger partial charge in [-0.1, -0.05) is 12.1 Å². The van der Waals surface area contributed by atoms with Crippen molar-refractivity contribution in [1.29, 1.82) is 0 Å². The summed E-state index contributed by atoms with van der Waals surface area (Å²) in [6.07, 6.45) is 0. The molecule has 0 saturated carbocycles. The number of methoxy groups -OCH3 is 1. The van der Waals surface area contributed by atoms with Crippen molar-refractivity contribution >= 4 is 15.9 Å². The molecule has 0 saturated heterocycles. The Labute approximate surface area is 117 Å². The van der Waals surface area contributed by atoms with E-state index in [9.17, 15) is 0 Å². The molecule has 4 nitrogen and oxygen atoms in total. The van der Waals surface area contributed by atoms with Crippen LogP contribution >= 0.6 is 15.9 Å². The molecular weight excluding hydrogens is 298 g/mol. The minimum Gasteiger partial charge on any atom is -0.490 e. The molecule has 102 valence electrons. The third-order valence-electron chi connectivity index (χ3n) is 2.32. The van der Waals surface area contributed by atoms with E-state index in [4.69, 9.17) is 14.2 Å². The maximum absolute atomic E-state index is 5.75. The second-order valence-electron chi connectivity index (χ2n) is 3.71. The number of ether oxygens (including phenoxy) is 3. The van der Waals surface area contributed by atoms with E-state index in [0.29, 0.717) is 26.4 Å². The van der Waals surface area contributed by atoms with E-state index in [-0.39, 0.29) is 0 Å². The van der Waals surface area contributed by atoms with E-state index >= 15 is 0 Å². The molecule has 0 aliphatic heterocycles. The lowest BCUT2D eigenvalue weighted by atomic mass is 10.2. The molecular formula is C13H20BrNO3. The van der Waals surface area contributed by atoms with Crippen LogP contribution in [0.1, 0.15) is 5.56 Å². The van der Waals surface area contributed by atoms with Crippen molar-refractivity contribution in [3.8, 4) is 5.75 Å². The Balaban J connectivity index is 2.40. The zero-order valence-electron chi connectivity index (χ0n) is 10.9. The first-order valence-electron chi connectivity index (χ1n) is 5.91. The highest BCUT2D eigenvalue weighted by Gasteiger charge is 2.07. The molecule has 0 radical (unpaired) electrons. The average molecular weight is 318 g/mol. The van der Waals surface area contributed by atoms with Gasteiger partial charge < -0.3 is 19.5 Å². The van der Waals surface area contributed by atoms with Crippen LogP contribution in [0.25, 0.3) is 0 Å². The quantitative estimate of drug-likeness (QED) is 0.709. The van der Waals surface area contributed by atoms with Gasteiger partial charge in [-0.3, -0.25) is 0 Å². The van der Waals surface area contributed by atoms with Gasteiger partial charge >= 0.3 is 0 Å². The molecule has 5 heteroatoms. The van der Waals surface area contributed by atoms with Crippen molar-refractivity contribution in [2.24, 2.45) is 0 Å². The third-order valence-corrected chi connectivity index (χ3v) is 2.95. The van der Waals surface area contributed by atoms with Gasteiger partial charge in [-0.05, 0) is 29.0 Å². The molecule has 18 heavy (non-hydrogen) atoms. The van der Waals surface area contributed by atoms with E-state index in [1.807, 2.05) is 25.2 Å². The van der Waals surface area contributed by atoms with Gasteiger partial charge in [0, 0.05) is 19.2 Å². The van der Waals surface area contributed by atoms with Crippen LogP contribution in [0, 0.1) is 0 Å². The molecule has 0 aliphatic carbocycles. The van der Waals surface area contributed by atoms with Gasteiger partial charge in [-0.15, -0.1) is 0 Å². The fourth-order valence-corrected chi connectivity index (χ4v) is 2.01. The van der Waals surface area contributed by atoms with Crippen LogP contribution in [-0.2, 0) is 16.0 Å². The van der Waals surface area contributed by atoms with Crippen LogP contribution in [0.2, 0.25) is 0 Å². The molecule has 0 amide bonds. The number of benzene rings is 1. The van der Waals surface area contributed by atoms with Crippen molar-refractivity contribution in [3.05, 3.63) is 28.2 Å². The maximum Gasteiger partial charge on any atom is 0.138 e. The van der Waals surface area contributed by atoms with Gasteiger partial charge in [0.15, 0.2) is 0 Å². The molecule has 0 aromatic heterocycles. The van der Waals surface area contributed by atoms with Crippen LogP contribution < -0.4 is 10.1 Å². The van der Waals surface area contributed by atoms with Crippen molar-refractivity contribution in [2.75, 3.05) is 40.6 Å². The smallest absolute Gasteiger partial charge is 0.138 e. The topological polar surface area (TPSA) is 39.7 Å². The molecule has 0 unspecified atom stereocenters. The lowest BCUT2D eigenvalue weighted by Gasteiger charge is -2.13. The number of para-hydroxylation sites is 1. The van der Waals surface area contributed by atoms with Crippen molar-refractivity contribution in [2.45, 2.75) is 6.54 Å². The number of rotatable bonds is 9. The summed E-state index contributed by atoms with van der Waals surface area (Å²) in [4.78, 5) is 0. The monoisotopic (exact) mass is 317 g/mol. The third kappa shape index (κ3) is 5.35. The normalized spacial score (nSPS) is 10.6. The molecule has 0 spiro atoms. The number of hydrogen-bond donors (Lipinski definition) is 1. The molecule has 0 bridgehead atoms. The van der Waals surface area contributed by atoms with Crippen molar-refractivity contribution in [3.63, 3.8) is 0 Å². The summed E-state index contributed by atoms with van der Waals surface area (Å²) in [7, 11) is 3.57. The molecule has 1 aromatic rings. The molecule has 1 N–H and O–H groups in total. The van der Waals surface area contributed by atoms with E-state index in [1.165, 1.54) is 0 Å². The van der Waals surface area contributed by atoms with Crippen LogP contribution in [-0.4, -0.2) is 40.6 Å². The fourth-order valence-electron chi connectivity index (χ4n) is 1.49. The summed E-state index contributed by atoms with van der Waals surface area (Å²) < 4.78 is 17.0. The number of hydrogen-bond acceptors (Lipinski definition) is 4.